The average molecular weight is 356 g/mol. The first kappa shape index (κ1) is 18.1. The lowest BCUT2D eigenvalue weighted by Crippen LogP contribution is -2.42. The van der Waals surface area contributed by atoms with Gasteiger partial charge < -0.3 is 16.0 Å². The van der Waals surface area contributed by atoms with Crippen LogP contribution in [0, 0.1) is 5.92 Å². The summed E-state index contributed by atoms with van der Waals surface area (Å²) in [5, 5.41) is 2.83. The Morgan fingerprint density at radius 3 is 2.74 bits per heavy atom. The predicted octanol–water partition coefficient (Wildman–Crippen LogP) is 2.35. The highest BCUT2D eigenvalue weighted by molar-refractivity contribution is 8.00. The Balaban J connectivity index is 0.00000192. The Morgan fingerprint density at radius 2 is 2.09 bits per heavy atom. The number of nitrogens with one attached hydrogen (secondary N) is 1. The number of hydrogen-bond acceptors (Lipinski definition) is 4. The molecule has 1 aromatic carbocycles. The first-order valence-corrected chi connectivity index (χ1v) is 8.64. The summed E-state index contributed by atoms with van der Waals surface area (Å²) in [6.45, 7) is 3.54. The molecule has 23 heavy (non-hydrogen) atoms. The Kier molecular flexibility index (Phi) is 5.95. The van der Waals surface area contributed by atoms with Crippen LogP contribution in [0.3, 0.4) is 0 Å². The second-order valence-electron chi connectivity index (χ2n) is 6.04. The number of thioether (sulfide) groups is 1. The second-order valence-corrected chi connectivity index (χ2v) is 7.05. The minimum atomic E-state index is -0.0140. The lowest BCUT2D eigenvalue weighted by Gasteiger charge is -2.34. The van der Waals surface area contributed by atoms with Gasteiger partial charge in [0.1, 0.15) is 0 Å². The molecule has 0 aromatic heterocycles. The van der Waals surface area contributed by atoms with Crippen molar-refractivity contribution in [1.29, 1.82) is 0 Å². The third kappa shape index (κ3) is 4.00. The molecule has 3 rings (SSSR count). The number of fused-ring (bicyclic) bond motifs is 1. The van der Waals surface area contributed by atoms with E-state index in [4.69, 9.17) is 5.73 Å². The van der Waals surface area contributed by atoms with Crippen LogP contribution >= 0.6 is 24.2 Å². The number of amides is 2. The van der Waals surface area contributed by atoms with Crippen LogP contribution in [0.4, 0.5) is 5.69 Å². The molecular formula is C16H22ClN3O2S. The van der Waals surface area contributed by atoms with Crippen LogP contribution < -0.4 is 11.1 Å². The summed E-state index contributed by atoms with van der Waals surface area (Å²) in [4.78, 5) is 27.0. The minimum Gasteiger partial charge on any atom is -0.339 e. The van der Waals surface area contributed by atoms with E-state index in [1.165, 1.54) is 11.8 Å². The first-order valence-electron chi connectivity index (χ1n) is 7.66. The van der Waals surface area contributed by atoms with Crippen molar-refractivity contribution in [1.82, 2.24) is 4.90 Å². The number of piperidine rings is 1. The van der Waals surface area contributed by atoms with Crippen molar-refractivity contribution in [3.8, 4) is 0 Å². The largest absolute Gasteiger partial charge is 0.339 e. The molecular weight excluding hydrogens is 334 g/mol. The Bertz CT molecular complexity index is 601. The molecule has 126 valence electrons. The number of anilines is 1. The van der Waals surface area contributed by atoms with E-state index in [9.17, 15) is 9.59 Å². The van der Waals surface area contributed by atoms with Gasteiger partial charge in [-0.05, 0) is 43.9 Å². The van der Waals surface area contributed by atoms with Gasteiger partial charge in [-0.1, -0.05) is 0 Å². The summed E-state index contributed by atoms with van der Waals surface area (Å²) in [6, 6.07) is 5.75. The zero-order valence-corrected chi connectivity index (χ0v) is 14.7. The van der Waals surface area contributed by atoms with Gasteiger partial charge in [-0.2, -0.15) is 0 Å². The van der Waals surface area contributed by atoms with E-state index in [0.717, 1.165) is 36.5 Å². The van der Waals surface area contributed by atoms with Gasteiger partial charge >= 0.3 is 0 Å². The van der Waals surface area contributed by atoms with Crippen LogP contribution in [0.15, 0.2) is 23.1 Å². The highest BCUT2D eigenvalue weighted by Gasteiger charge is 2.26. The lowest BCUT2D eigenvalue weighted by molar-refractivity contribution is -0.113. The van der Waals surface area contributed by atoms with Crippen molar-refractivity contribution in [2.24, 2.45) is 11.7 Å². The zero-order valence-electron chi connectivity index (χ0n) is 13.1. The zero-order chi connectivity index (χ0) is 15.7. The Hall–Kier alpha value is -1.24. The Morgan fingerprint density at radius 1 is 1.39 bits per heavy atom. The molecule has 0 spiro atoms. The first-order chi connectivity index (χ1) is 10.5. The predicted molar refractivity (Wildman–Crippen MR) is 95.3 cm³/mol. The van der Waals surface area contributed by atoms with Crippen LogP contribution in [0.2, 0.25) is 0 Å². The maximum absolute atomic E-state index is 12.6. The number of likely N-dealkylation sites (tertiary alicyclic amines) is 1. The topological polar surface area (TPSA) is 75.4 Å². The molecule has 7 heteroatoms. The highest BCUT2D eigenvalue weighted by atomic mass is 35.5. The second kappa shape index (κ2) is 7.55. The molecule has 0 saturated carbocycles. The summed E-state index contributed by atoms with van der Waals surface area (Å²) in [5.41, 5.74) is 7.33. The molecule has 2 aliphatic heterocycles. The normalized spacial score (nSPS) is 19.4. The van der Waals surface area contributed by atoms with E-state index in [0.29, 0.717) is 17.2 Å². The number of halogens is 1. The van der Waals surface area contributed by atoms with Gasteiger partial charge in [0.05, 0.1) is 11.4 Å². The molecule has 0 bridgehead atoms. The molecule has 1 aromatic rings. The van der Waals surface area contributed by atoms with Gasteiger partial charge in [-0.3, -0.25) is 9.59 Å². The highest BCUT2D eigenvalue weighted by Crippen LogP contribution is 2.32. The minimum absolute atomic E-state index is 0. The van der Waals surface area contributed by atoms with E-state index >= 15 is 0 Å². The van der Waals surface area contributed by atoms with Crippen molar-refractivity contribution in [2.45, 2.75) is 30.7 Å². The summed E-state index contributed by atoms with van der Waals surface area (Å²) in [7, 11) is 0. The summed E-state index contributed by atoms with van der Waals surface area (Å²) < 4.78 is 0. The van der Waals surface area contributed by atoms with Gasteiger partial charge in [-0.25, -0.2) is 0 Å². The SMILES string of the molecule is CC(N)C1CCN(C(=O)c2ccc3c(c2)NC(=O)CS3)CC1.Cl. The van der Waals surface area contributed by atoms with Gasteiger partial charge in [0.2, 0.25) is 5.91 Å². The molecule has 2 amide bonds. The van der Waals surface area contributed by atoms with Crippen LogP contribution in [-0.2, 0) is 4.79 Å². The number of carbonyl (C=O) groups excluding carboxylic acids is 2. The molecule has 2 aliphatic rings. The number of hydrogen-bond donors (Lipinski definition) is 2. The monoisotopic (exact) mass is 355 g/mol. The standard InChI is InChI=1S/C16H21N3O2S.ClH/c1-10(17)11-4-6-19(7-5-11)16(21)12-2-3-14-13(8-12)18-15(20)9-22-14;/h2-3,8,10-11H,4-7,9,17H2,1H3,(H,18,20);1H. The molecule has 1 saturated heterocycles. The van der Waals surface area contributed by atoms with E-state index in [-0.39, 0.29) is 30.3 Å². The fourth-order valence-electron chi connectivity index (χ4n) is 3.03. The van der Waals surface area contributed by atoms with Crippen LogP contribution in [0.25, 0.3) is 0 Å². The van der Waals surface area contributed by atoms with Gasteiger partial charge in [0.25, 0.3) is 5.91 Å². The van der Waals surface area contributed by atoms with Crippen LogP contribution in [-0.4, -0.2) is 41.6 Å². The average Bonchev–Trinajstić information content (AvgIpc) is 2.53. The van der Waals surface area contributed by atoms with E-state index < -0.39 is 0 Å². The maximum atomic E-state index is 12.6. The van der Waals surface area contributed by atoms with Crippen molar-refractivity contribution < 1.29 is 9.59 Å². The van der Waals surface area contributed by atoms with E-state index in [2.05, 4.69) is 5.32 Å². The number of carbonyl (C=O) groups is 2. The molecule has 2 heterocycles. The molecule has 3 N–H and O–H groups in total. The van der Waals surface area contributed by atoms with Crippen molar-refractivity contribution >= 4 is 41.7 Å². The molecule has 0 aliphatic carbocycles. The van der Waals surface area contributed by atoms with Gasteiger partial charge in [-0.15, -0.1) is 24.2 Å². The fourth-order valence-corrected chi connectivity index (χ4v) is 3.82. The smallest absolute Gasteiger partial charge is 0.253 e. The lowest BCUT2D eigenvalue weighted by atomic mass is 9.90. The van der Waals surface area contributed by atoms with Crippen LogP contribution in [0.1, 0.15) is 30.1 Å². The number of nitrogens with zero attached hydrogens (tertiary/aromatic N) is 1. The van der Waals surface area contributed by atoms with Crippen molar-refractivity contribution in [2.75, 3.05) is 24.2 Å². The molecule has 1 fully saturated rings. The summed E-state index contributed by atoms with van der Waals surface area (Å²) >= 11 is 1.51. The molecule has 0 radical (unpaired) electrons. The number of rotatable bonds is 2. The van der Waals surface area contributed by atoms with E-state index in [1.807, 2.05) is 24.0 Å². The number of nitrogens with two attached hydrogens (primary N) is 1. The van der Waals surface area contributed by atoms with Crippen LogP contribution in [0.5, 0.6) is 0 Å². The molecule has 5 nitrogen and oxygen atoms in total. The third-order valence-corrected chi connectivity index (χ3v) is 5.50. The maximum Gasteiger partial charge on any atom is 0.253 e. The Labute approximate surface area is 146 Å². The quantitative estimate of drug-likeness (QED) is 0.853. The van der Waals surface area contributed by atoms with E-state index in [1.54, 1.807) is 6.07 Å². The van der Waals surface area contributed by atoms with Gasteiger partial charge in [0.15, 0.2) is 0 Å². The van der Waals surface area contributed by atoms with Crippen molar-refractivity contribution in [3.05, 3.63) is 23.8 Å². The fraction of sp³-hybridized carbons (Fsp3) is 0.500. The number of benzene rings is 1. The summed E-state index contributed by atoms with van der Waals surface area (Å²) in [6.07, 6.45) is 1.92. The van der Waals surface area contributed by atoms with Gasteiger partial charge in [0, 0.05) is 29.6 Å². The third-order valence-electron chi connectivity index (χ3n) is 4.43. The molecule has 1 unspecified atom stereocenters. The van der Waals surface area contributed by atoms with Crippen molar-refractivity contribution in [3.63, 3.8) is 0 Å². The molecule has 1 atom stereocenters. The summed E-state index contributed by atoms with van der Waals surface area (Å²) in [5.74, 6) is 0.962.